The average Bonchev–Trinajstić information content (AvgIpc) is 2.75. The molecule has 2 aromatic rings. The second-order valence-electron chi connectivity index (χ2n) is 7.10. The fourth-order valence-corrected chi connectivity index (χ4v) is 3.64. The molecular weight excluding hydrogens is 370 g/mol. The predicted octanol–water partition coefficient (Wildman–Crippen LogP) is 3.67. The molecule has 2 aromatic carbocycles. The summed E-state index contributed by atoms with van der Waals surface area (Å²) in [5.74, 6) is -3.65. The predicted molar refractivity (Wildman–Crippen MR) is 111 cm³/mol. The van der Waals surface area contributed by atoms with Crippen LogP contribution >= 0.6 is 0 Å². The van der Waals surface area contributed by atoms with Crippen LogP contribution in [-0.4, -0.2) is 41.4 Å². The number of carboxylic acid groups (broad SMARTS) is 2. The molecule has 0 radical (unpaired) electrons. The van der Waals surface area contributed by atoms with Gasteiger partial charge < -0.3 is 20.3 Å². The van der Waals surface area contributed by atoms with Gasteiger partial charge in [-0.1, -0.05) is 73.5 Å². The summed E-state index contributed by atoms with van der Waals surface area (Å²) < 4.78 is 5.73. The fraction of sp³-hybridized carbons (Fsp3) is 0.391. The molecule has 1 aliphatic rings. The van der Waals surface area contributed by atoms with Crippen LogP contribution in [0.15, 0.2) is 60.7 Å². The molecule has 6 nitrogen and oxygen atoms in total. The second kappa shape index (κ2) is 12.0. The van der Waals surface area contributed by atoms with Crippen LogP contribution in [0, 0.1) is 0 Å². The Hall–Kier alpha value is -2.70. The van der Waals surface area contributed by atoms with Crippen molar-refractivity contribution in [1.82, 2.24) is 5.32 Å². The highest BCUT2D eigenvalue weighted by atomic mass is 16.5. The van der Waals surface area contributed by atoms with Crippen LogP contribution in [0.5, 0.6) is 0 Å². The summed E-state index contributed by atoms with van der Waals surface area (Å²) in [6, 6.07) is 22.3. The van der Waals surface area contributed by atoms with Gasteiger partial charge in [0, 0.05) is 19.2 Å². The zero-order chi connectivity index (χ0) is 21.1. The molecule has 156 valence electrons. The lowest BCUT2D eigenvalue weighted by Crippen LogP contribution is -2.45. The standard InChI is InChI=1S/C21H27NO.C2H2O4/c1-23-21-15-9-8-14-19(21)22-20(18-12-6-3-7-13-18)16-17-10-4-2-5-11-17;3-1(4)2(5)6/h2-7,10-13,19-22H,8-9,14-16H2,1H3;(H,3,4)(H,5,6). The van der Waals surface area contributed by atoms with Crippen molar-refractivity contribution in [3.8, 4) is 0 Å². The molecule has 29 heavy (non-hydrogen) atoms. The highest BCUT2D eigenvalue weighted by Crippen LogP contribution is 2.26. The number of hydrogen-bond donors (Lipinski definition) is 3. The van der Waals surface area contributed by atoms with Gasteiger partial charge in [0.05, 0.1) is 6.10 Å². The summed E-state index contributed by atoms with van der Waals surface area (Å²) in [5.41, 5.74) is 2.73. The number of carboxylic acids is 2. The minimum atomic E-state index is -1.82. The van der Waals surface area contributed by atoms with Crippen LogP contribution in [-0.2, 0) is 20.7 Å². The van der Waals surface area contributed by atoms with Gasteiger partial charge >= 0.3 is 11.9 Å². The van der Waals surface area contributed by atoms with E-state index in [0.717, 1.165) is 6.42 Å². The maximum Gasteiger partial charge on any atom is 0.414 e. The smallest absolute Gasteiger partial charge is 0.414 e. The highest BCUT2D eigenvalue weighted by molar-refractivity contribution is 6.27. The third-order valence-corrected chi connectivity index (χ3v) is 5.09. The molecule has 3 atom stereocenters. The molecule has 0 aromatic heterocycles. The van der Waals surface area contributed by atoms with E-state index in [2.05, 4.69) is 66.0 Å². The molecule has 0 heterocycles. The number of ether oxygens (including phenoxy) is 1. The van der Waals surface area contributed by atoms with E-state index in [1.165, 1.54) is 36.8 Å². The van der Waals surface area contributed by atoms with E-state index in [1.54, 1.807) is 0 Å². The van der Waals surface area contributed by atoms with Crippen LogP contribution in [0.4, 0.5) is 0 Å². The van der Waals surface area contributed by atoms with E-state index < -0.39 is 11.9 Å². The summed E-state index contributed by atoms with van der Waals surface area (Å²) in [5, 5.41) is 18.7. The minimum Gasteiger partial charge on any atom is -0.473 e. The topological polar surface area (TPSA) is 95.9 Å². The summed E-state index contributed by atoms with van der Waals surface area (Å²) >= 11 is 0. The largest absolute Gasteiger partial charge is 0.473 e. The quantitative estimate of drug-likeness (QED) is 0.642. The fourth-order valence-electron chi connectivity index (χ4n) is 3.64. The maximum absolute atomic E-state index is 9.10. The molecule has 1 saturated carbocycles. The van der Waals surface area contributed by atoms with Gasteiger partial charge in [0.2, 0.25) is 0 Å². The van der Waals surface area contributed by atoms with Gasteiger partial charge in [-0.25, -0.2) is 9.59 Å². The van der Waals surface area contributed by atoms with Gasteiger partial charge in [0.25, 0.3) is 0 Å². The van der Waals surface area contributed by atoms with Crippen LogP contribution in [0.3, 0.4) is 0 Å². The lowest BCUT2D eigenvalue weighted by Gasteiger charge is -2.34. The monoisotopic (exact) mass is 399 g/mol. The Bertz CT molecular complexity index is 738. The molecular formula is C23H29NO5. The van der Waals surface area contributed by atoms with Crippen LogP contribution < -0.4 is 5.32 Å². The molecule has 1 aliphatic carbocycles. The molecule has 6 heteroatoms. The van der Waals surface area contributed by atoms with Crippen LogP contribution in [0.2, 0.25) is 0 Å². The molecule has 1 fully saturated rings. The summed E-state index contributed by atoms with van der Waals surface area (Å²) in [6.45, 7) is 0. The molecule has 3 unspecified atom stereocenters. The van der Waals surface area contributed by atoms with E-state index in [9.17, 15) is 0 Å². The summed E-state index contributed by atoms with van der Waals surface area (Å²) in [7, 11) is 1.85. The number of benzene rings is 2. The van der Waals surface area contributed by atoms with Crippen molar-refractivity contribution in [3.05, 3.63) is 71.8 Å². The van der Waals surface area contributed by atoms with Crippen molar-refractivity contribution in [3.63, 3.8) is 0 Å². The number of rotatable bonds is 6. The third kappa shape index (κ3) is 7.68. The molecule has 0 bridgehead atoms. The first kappa shape index (κ1) is 22.6. The van der Waals surface area contributed by atoms with Gasteiger partial charge in [-0.05, 0) is 30.4 Å². The van der Waals surface area contributed by atoms with Crippen molar-refractivity contribution >= 4 is 11.9 Å². The van der Waals surface area contributed by atoms with Crippen LogP contribution in [0.25, 0.3) is 0 Å². The van der Waals surface area contributed by atoms with E-state index in [4.69, 9.17) is 24.5 Å². The molecule has 0 saturated heterocycles. The Morgan fingerprint density at radius 2 is 1.52 bits per heavy atom. The molecule has 0 spiro atoms. The van der Waals surface area contributed by atoms with Crippen molar-refractivity contribution in [2.24, 2.45) is 0 Å². The zero-order valence-corrected chi connectivity index (χ0v) is 16.7. The van der Waals surface area contributed by atoms with E-state index in [1.807, 2.05) is 7.11 Å². The Kier molecular flexibility index (Phi) is 9.34. The van der Waals surface area contributed by atoms with Gasteiger partial charge in [-0.3, -0.25) is 0 Å². The Morgan fingerprint density at radius 1 is 0.966 bits per heavy atom. The SMILES string of the molecule is COC1CCCCC1NC(Cc1ccccc1)c1ccccc1.O=C(O)C(=O)O. The van der Waals surface area contributed by atoms with E-state index in [0.29, 0.717) is 18.2 Å². The summed E-state index contributed by atoms with van der Waals surface area (Å²) in [4.78, 5) is 18.2. The highest BCUT2D eigenvalue weighted by Gasteiger charge is 2.27. The Balaban J connectivity index is 0.000000438. The maximum atomic E-state index is 9.10. The van der Waals surface area contributed by atoms with Crippen molar-refractivity contribution in [2.45, 2.75) is 50.3 Å². The minimum absolute atomic E-state index is 0.333. The first-order chi connectivity index (χ1) is 14.0. The van der Waals surface area contributed by atoms with Crippen LogP contribution in [0.1, 0.15) is 42.9 Å². The van der Waals surface area contributed by atoms with Gasteiger partial charge in [-0.15, -0.1) is 0 Å². The number of nitrogens with one attached hydrogen (secondary N) is 1. The number of aliphatic carboxylic acids is 2. The molecule has 0 amide bonds. The first-order valence-electron chi connectivity index (χ1n) is 9.85. The second-order valence-corrected chi connectivity index (χ2v) is 7.10. The first-order valence-corrected chi connectivity index (χ1v) is 9.85. The molecule has 0 aliphatic heterocycles. The van der Waals surface area contributed by atoms with Gasteiger partial charge in [-0.2, -0.15) is 0 Å². The van der Waals surface area contributed by atoms with Gasteiger partial charge in [0.1, 0.15) is 0 Å². The van der Waals surface area contributed by atoms with Crippen molar-refractivity contribution in [2.75, 3.05) is 7.11 Å². The Labute approximate surface area is 171 Å². The van der Waals surface area contributed by atoms with Crippen molar-refractivity contribution in [1.29, 1.82) is 0 Å². The lowest BCUT2D eigenvalue weighted by molar-refractivity contribution is -0.159. The van der Waals surface area contributed by atoms with Crippen molar-refractivity contribution < 1.29 is 24.5 Å². The molecule has 3 N–H and O–H groups in total. The zero-order valence-electron chi connectivity index (χ0n) is 16.7. The Morgan fingerprint density at radius 3 is 2.07 bits per heavy atom. The number of methoxy groups -OCH3 is 1. The summed E-state index contributed by atoms with van der Waals surface area (Å²) in [6.07, 6.45) is 6.30. The van der Waals surface area contributed by atoms with E-state index in [-0.39, 0.29) is 0 Å². The molecule has 3 rings (SSSR count). The van der Waals surface area contributed by atoms with Gasteiger partial charge in [0.15, 0.2) is 0 Å². The number of hydrogen-bond acceptors (Lipinski definition) is 4. The number of carbonyl (C=O) groups is 2. The average molecular weight is 399 g/mol. The third-order valence-electron chi connectivity index (χ3n) is 5.09. The van der Waals surface area contributed by atoms with E-state index >= 15 is 0 Å². The normalized spacial score (nSPS) is 19.5. The lowest BCUT2D eigenvalue weighted by atomic mass is 9.90.